The van der Waals surface area contributed by atoms with Gasteiger partial charge in [0.25, 0.3) is 0 Å². The van der Waals surface area contributed by atoms with Crippen molar-refractivity contribution in [2.75, 3.05) is 0 Å². The highest BCUT2D eigenvalue weighted by Gasteiger charge is 2.05. The molecule has 1 aromatic rings. The molecule has 0 fully saturated rings. The van der Waals surface area contributed by atoms with Crippen LogP contribution in [0, 0.1) is 13.8 Å². The lowest BCUT2D eigenvalue weighted by Crippen LogP contribution is -1.98. The Kier molecular flexibility index (Phi) is 2.14. The van der Waals surface area contributed by atoms with Gasteiger partial charge >= 0.3 is 0 Å². The van der Waals surface area contributed by atoms with Crippen molar-refractivity contribution in [1.82, 2.24) is 9.78 Å². The lowest BCUT2D eigenvalue weighted by Gasteiger charge is -1.96. The second-order valence-electron chi connectivity index (χ2n) is 2.30. The Hall–Kier alpha value is -0.310. The van der Waals surface area contributed by atoms with Crippen LogP contribution in [0.5, 0.6) is 0 Å². The average molecular weight is 203 g/mol. The zero-order valence-electron chi connectivity index (χ0n) is 6.48. The fourth-order valence-electron chi connectivity index (χ4n) is 0.983. The van der Waals surface area contributed by atoms with E-state index in [1.165, 1.54) is 5.69 Å². The number of hydrogen-bond donors (Lipinski definition) is 0. The highest BCUT2D eigenvalue weighted by molar-refractivity contribution is 9.10. The van der Waals surface area contributed by atoms with Gasteiger partial charge in [-0.3, -0.25) is 4.68 Å². The molecule has 0 saturated heterocycles. The molecule has 0 aliphatic rings. The van der Waals surface area contributed by atoms with Gasteiger partial charge in [0.2, 0.25) is 0 Å². The maximum absolute atomic E-state index is 4.30. The summed E-state index contributed by atoms with van der Waals surface area (Å²) >= 11 is 3.46. The first kappa shape index (κ1) is 7.79. The van der Waals surface area contributed by atoms with E-state index in [2.05, 4.69) is 34.9 Å². The van der Waals surface area contributed by atoms with E-state index in [1.807, 2.05) is 11.6 Å². The summed E-state index contributed by atoms with van der Waals surface area (Å²) in [5, 5.41) is 4.30. The second-order valence-corrected chi connectivity index (χ2v) is 3.09. The normalized spacial score (nSPS) is 10.4. The van der Waals surface area contributed by atoms with Crippen LogP contribution in [0.25, 0.3) is 0 Å². The Bertz CT molecular complexity index is 240. The third-order valence-electron chi connectivity index (χ3n) is 1.59. The molecule has 2 nitrogen and oxygen atoms in total. The maximum atomic E-state index is 4.30. The minimum atomic E-state index is 0.943. The molecule has 0 aliphatic heterocycles. The van der Waals surface area contributed by atoms with Crippen LogP contribution in [0.3, 0.4) is 0 Å². The maximum Gasteiger partial charge on any atom is 0.0738 e. The Balaban J connectivity index is 3.17. The predicted octanol–water partition coefficient (Wildman–Crippen LogP) is 2.28. The molecule has 0 aromatic carbocycles. The molecule has 1 heterocycles. The second kappa shape index (κ2) is 2.74. The van der Waals surface area contributed by atoms with Crippen LogP contribution >= 0.6 is 15.9 Å². The van der Waals surface area contributed by atoms with Crippen LogP contribution in [0.1, 0.15) is 18.3 Å². The predicted molar refractivity (Wildman–Crippen MR) is 45.1 cm³/mol. The number of aromatic nitrogens is 2. The van der Waals surface area contributed by atoms with Crippen molar-refractivity contribution in [1.29, 1.82) is 0 Å². The molecular formula is C7H11BrN2. The van der Waals surface area contributed by atoms with Crippen molar-refractivity contribution < 1.29 is 0 Å². The van der Waals surface area contributed by atoms with E-state index in [4.69, 9.17) is 0 Å². The van der Waals surface area contributed by atoms with Gasteiger partial charge in [-0.1, -0.05) is 0 Å². The summed E-state index contributed by atoms with van der Waals surface area (Å²) in [6.07, 6.45) is 0. The van der Waals surface area contributed by atoms with E-state index in [9.17, 15) is 0 Å². The number of nitrogens with zero attached hydrogens (tertiary/aromatic N) is 2. The van der Waals surface area contributed by atoms with E-state index in [0.29, 0.717) is 0 Å². The lowest BCUT2D eigenvalue weighted by atomic mass is 10.4. The van der Waals surface area contributed by atoms with E-state index >= 15 is 0 Å². The zero-order chi connectivity index (χ0) is 7.72. The third kappa shape index (κ3) is 1.10. The monoisotopic (exact) mass is 202 g/mol. The summed E-state index contributed by atoms with van der Waals surface area (Å²) in [4.78, 5) is 0. The topological polar surface area (TPSA) is 17.8 Å². The average Bonchev–Trinajstić information content (AvgIpc) is 2.17. The SMILES string of the molecule is CCn1nc(C)c(Br)c1C. The van der Waals surface area contributed by atoms with Gasteiger partial charge in [0.1, 0.15) is 0 Å². The number of rotatable bonds is 1. The lowest BCUT2D eigenvalue weighted by molar-refractivity contribution is 0.634. The first-order chi connectivity index (χ1) is 4.66. The van der Waals surface area contributed by atoms with E-state index in [-0.39, 0.29) is 0 Å². The van der Waals surface area contributed by atoms with Gasteiger partial charge in [-0.25, -0.2) is 0 Å². The van der Waals surface area contributed by atoms with Gasteiger partial charge in [0.05, 0.1) is 10.2 Å². The fourth-order valence-corrected chi connectivity index (χ4v) is 1.27. The van der Waals surface area contributed by atoms with Crippen molar-refractivity contribution in [2.24, 2.45) is 0 Å². The van der Waals surface area contributed by atoms with Gasteiger partial charge in [0.15, 0.2) is 0 Å². The molecule has 0 radical (unpaired) electrons. The molecular weight excluding hydrogens is 192 g/mol. The highest BCUT2D eigenvalue weighted by Crippen LogP contribution is 2.19. The van der Waals surface area contributed by atoms with Crippen molar-refractivity contribution in [2.45, 2.75) is 27.3 Å². The molecule has 10 heavy (non-hydrogen) atoms. The summed E-state index contributed by atoms with van der Waals surface area (Å²) in [5.41, 5.74) is 2.28. The molecule has 3 heteroatoms. The van der Waals surface area contributed by atoms with E-state index < -0.39 is 0 Å². The first-order valence-corrected chi connectivity index (χ1v) is 4.15. The molecule has 1 aromatic heterocycles. The molecule has 0 N–H and O–H groups in total. The van der Waals surface area contributed by atoms with Crippen LogP contribution in [0.4, 0.5) is 0 Å². The number of halogens is 1. The highest BCUT2D eigenvalue weighted by atomic mass is 79.9. The van der Waals surface area contributed by atoms with Crippen LogP contribution in [-0.4, -0.2) is 9.78 Å². The summed E-state index contributed by atoms with van der Waals surface area (Å²) in [6.45, 7) is 7.10. The molecule has 0 aliphatic carbocycles. The van der Waals surface area contributed by atoms with Crippen molar-refractivity contribution >= 4 is 15.9 Å². The summed E-state index contributed by atoms with van der Waals surface area (Å²) < 4.78 is 3.12. The standard InChI is InChI=1S/C7H11BrN2/c1-4-10-6(3)7(8)5(2)9-10/h4H2,1-3H3. The summed E-state index contributed by atoms with van der Waals surface area (Å²) in [5.74, 6) is 0. The van der Waals surface area contributed by atoms with Crippen molar-refractivity contribution in [3.63, 3.8) is 0 Å². The van der Waals surface area contributed by atoms with Gasteiger partial charge in [-0.05, 0) is 36.7 Å². The zero-order valence-corrected chi connectivity index (χ0v) is 8.07. The van der Waals surface area contributed by atoms with Gasteiger partial charge in [0, 0.05) is 12.2 Å². The van der Waals surface area contributed by atoms with E-state index in [0.717, 1.165) is 16.7 Å². The summed E-state index contributed by atoms with van der Waals surface area (Å²) in [7, 11) is 0. The molecule has 56 valence electrons. The molecule has 0 atom stereocenters. The van der Waals surface area contributed by atoms with Crippen LogP contribution in [0.2, 0.25) is 0 Å². The van der Waals surface area contributed by atoms with Crippen molar-refractivity contribution in [3.8, 4) is 0 Å². The molecule has 0 spiro atoms. The molecule has 1 rings (SSSR count). The summed E-state index contributed by atoms with van der Waals surface area (Å²) in [6, 6.07) is 0. The smallest absolute Gasteiger partial charge is 0.0738 e. The van der Waals surface area contributed by atoms with Crippen LogP contribution < -0.4 is 0 Å². The molecule has 0 saturated carbocycles. The van der Waals surface area contributed by atoms with Gasteiger partial charge in [-0.2, -0.15) is 5.10 Å². The quantitative estimate of drug-likeness (QED) is 0.684. The largest absolute Gasteiger partial charge is 0.269 e. The molecule has 0 bridgehead atoms. The number of hydrogen-bond acceptors (Lipinski definition) is 1. The Morgan fingerprint density at radius 3 is 2.30 bits per heavy atom. The Labute approximate surface area is 69.4 Å². The van der Waals surface area contributed by atoms with E-state index in [1.54, 1.807) is 0 Å². The Morgan fingerprint density at radius 2 is 2.10 bits per heavy atom. The van der Waals surface area contributed by atoms with Crippen LogP contribution in [-0.2, 0) is 6.54 Å². The number of aryl methyl sites for hydroxylation is 2. The molecule has 0 amide bonds. The molecule has 0 unspecified atom stereocenters. The van der Waals surface area contributed by atoms with Crippen LogP contribution in [0.15, 0.2) is 4.47 Å². The van der Waals surface area contributed by atoms with Gasteiger partial charge in [-0.15, -0.1) is 0 Å². The minimum absolute atomic E-state index is 0.943. The Morgan fingerprint density at radius 1 is 1.50 bits per heavy atom. The van der Waals surface area contributed by atoms with Crippen molar-refractivity contribution in [3.05, 3.63) is 15.9 Å². The first-order valence-electron chi connectivity index (χ1n) is 3.36. The third-order valence-corrected chi connectivity index (χ3v) is 2.74. The fraction of sp³-hybridized carbons (Fsp3) is 0.571. The van der Waals surface area contributed by atoms with Gasteiger partial charge < -0.3 is 0 Å². The minimum Gasteiger partial charge on any atom is -0.269 e.